The number of hydrogen-bond acceptors (Lipinski definition) is 4. The summed E-state index contributed by atoms with van der Waals surface area (Å²) in [5.74, 6) is 2.12. The van der Waals surface area contributed by atoms with Gasteiger partial charge in [0.15, 0.2) is 11.5 Å². The molecule has 5 nitrogen and oxygen atoms in total. The van der Waals surface area contributed by atoms with Crippen LogP contribution in [0.1, 0.15) is 40.2 Å². The van der Waals surface area contributed by atoms with Gasteiger partial charge in [-0.2, -0.15) is 0 Å². The van der Waals surface area contributed by atoms with E-state index in [0.717, 1.165) is 31.6 Å². The summed E-state index contributed by atoms with van der Waals surface area (Å²) in [6.45, 7) is 4.50. The number of rotatable bonds is 6. The molecule has 192 valence electrons. The number of hydrogen-bond donors (Lipinski definition) is 0. The Morgan fingerprint density at radius 1 is 0.892 bits per heavy atom. The molecule has 0 aromatic heterocycles. The second-order valence-electron chi connectivity index (χ2n) is 10.6. The van der Waals surface area contributed by atoms with E-state index in [9.17, 15) is 9.18 Å². The zero-order chi connectivity index (χ0) is 25.2. The molecule has 37 heavy (non-hydrogen) atoms. The number of benzene rings is 3. The van der Waals surface area contributed by atoms with E-state index in [4.69, 9.17) is 9.47 Å². The predicted molar refractivity (Wildman–Crippen MR) is 140 cm³/mol. The number of carbonyl (C=O) groups excluding carboxylic acids is 1. The van der Waals surface area contributed by atoms with Gasteiger partial charge in [-0.1, -0.05) is 42.5 Å². The first-order valence-electron chi connectivity index (χ1n) is 13.3. The fourth-order valence-corrected chi connectivity index (χ4v) is 6.20. The molecule has 0 aliphatic carbocycles. The molecule has 3 aromatic carbocycles. The van der Waals surface area contributed by atoms with Crippen molar-refractivity contribution in [2.75, 3.05) is 39.5 Å². The first-order valence-corrected chi connectivity index (χ1v) is 13.3. The van der Waals surface area contributed by atoms with Crippen molar-refractivity contribution in [2.45, 2.75) is 25.2 Å². The highest BCUT2D eigenvalue weighted by Gasteiger charge is 2.38. The predicted octanol–water partition coefficient (Wildman–Crippen LogP) is 5.36. The molecule has 3 aromatic rings. The molecule has 0 spiro atoms. The van der Waals surface area contributed by atoms with Gasteiger partial charge in [-0.05, 0) is 85.6 Å². The van der Waals surface area contributed by atoms with Crippen LogP contribution < -0.4 is 9.47 Å². The minimum absolute atomic E-state index is 0.0104. The highest BCUT2D eigenvalue weighted by Crippen LogP contribution is 2.37. The SMILES string of the molecule is O=C(c1ccc2c(c1)OCO2)N1CC(CN2CCC(Cc3ccccc3)CC2)C(c2cccc(F)c2)C1. The summed E-state index contributed by atoms with van der Waals surface area (Å²) >= 11 is 0. The highest BCUT2D eigenvalue weighted by molar-refractivity contribution is 5.95. The van der Waals surface area contributed by atoms with E-state index in [0.29, 0.717) is 36.1 Å². The molecule has 3 heterocycles. The van der Waals surface area contributed by atoms with E-state index in [1.165, 1.54) is 24.5 Å². The lowest BCUT2D eigenvalue weighted by Gasteiger charge is -2.34. The van der Waals surface area contributed by atoms with Gasteiger partial charge in [0.2, 0.25) is 6.79 Å². The van der Waals surface area contributed by atoms with Crippen LogP contribution in [0.15, 0.2) is 72.8 Å². The topological polar surface area (TPSA) is 42.0 Å². The molecule has 3 aliphatic heterocycles. The molecule has 6 rings (SSSR count). The molecule has 6 heteroatoms. The van der Waals surface area contributed by atoms with Gasteiger partial charge in [0.05, 0.1) is 0 Å². The van der Waals surface area contributed by atoms with E-state index in [1.807, 2.05) is 11.0 Å². The number of piperidine rings is 1. The van der Waals surface area contributed by atoms with Crippen LogP contribution in [0.5, 0.6) is 11.5 Å². The third kappa shape index (κ3) is 5.35. The number of halogens is 1. The van der Waals surface area contributed by atoms with Gasteiger partial charge in [-0.25, -0.2) is 4.39 Å². The Morgan fingerprint density at radius 3 is 2.51 bits per heavy atom. The van der Waals surface area contributed by atoms with Crippen molar-refractivity contribution in [3.63, 3.8) is 0 Å². The number of fused-ring (bicyclic) bond motifs is 1. The molecule has 0 radical (unpaired) electrons. The maximum Gasteiger partial charge on any atom is 0.254 e. The molecule has 0 N–H and O–H groups in total. The van der Waals surface area contributed by atoms with E-state index in [-0.39, 0.29) is 30.4 Å². The molecule has 2 atom stereocenters. The largest absolute Gasteiger partial charge is 0.454 e. The van der Waals surface area contributed by atoms with Crippen molar-refractivity contribution in [1.82, 2.24) is 9.80 Å². The average molecular weight is 501 g/mol. The van der Waals surface area contributed by atoms with Crippen LogP contribution in [0.3, 0.4) is 0 Å². The van der Waals surface area contributed by atoms with Gasteiger partial charge < -0.3 is 19.3 Å². The Morgan fingerprint density at radius 2 is 1.70 bits per heavy atom. The lowest BCUT2D eigenvalue weighted by molar-refractivity contribution is 0.0780. The molecule has 2 fully saturated rings. The van der Waals surface area contributed by atoms with Gasteiger partial charge in [0.1, 0.15) is 5.82 Å². The fraction of sp³-hybridized carbons (Fsp3) is 0.387. The van der Waals surface area contributed by atoms with Crippen LogP contribution in [-0.2, 0) is 6.42 Å². The zero-order valence-electron chi connectivity index (χ0n) is 21.0. The first kappa shape index (κ1) is 24.0. The number of ether oxygens (including phenoxy) is 2. The quantitative estimate of drug-likeness (QED) is 0.457. The van der Waals surface area contributed by atoms with E-state index >= 15 is 0 Å². The van der Waals surface area contributed by atoms with E-state index < -0.39 is 0 Å². The van der Waals surface area contributed by atoms with E-state index in [2.05, 4.69) is 35.2 Å². The Hall–Kier alpha value is -3.38. The van der Waals surface area contributed by atoms with Crippen molar-refractivity contribution in [2.24, 2.45) is 11.8 Å². The maximum absolute atomic E-state index is 14.2. The summed E-state index contributed by atoms with van der Waals surface area (Å²) in [6, 6.07) is 23.0. The number of carbonyl (C=O) groups is 1. The molecular weight excluding hydrogens is 467 g/mol. The van der Waals surface area contributed by atoms with Crippen molar-refractivity contribution < 1.29 is 18.7 Å². The normalized spacial score (nSPS) is 21.9. The van der Waals surface area contributed by atoms with Crippen LogP contribution >= 0.6 is 0 Å². The van der Waals surface area contributed by atoms with Gasteiger partial charge >= 0.3 is 0 Å². The number of nitrogens with zero attached hydrogens (tertiary/aromatic N) is 2. The molecule has 2 unspecified atom stereocenters. The van der Waals surface area contributed by atoms with Gasteiger partial charge in [-0.3, -0.25) is 4.79 Å². The number of likely N-dealkylation sites (tertiary alicyclic amines) is 2. The summed E-state index contributed by atoms with van der Waals surface area (Å²) < 4.78 is 25.0. The summed E-state index contributed by atoms with van der Waals surface area (Å²) in [6.07, 6.45) is 3.51. The highest BCUT2D eigenvalue weighted by atomic mass is 19.1. The van der Waals surface area contributed by atoms with Crippen LogP contribution in [0.2, 0.25) is 0 Å². The summed E-state index contributed by atoms with van der Waals surface area (Å²) in [4.78, 5) is 18.0. The summed E-state index contributed by atoms with van der Waals surface area (Å²) in [7, 11) is 0. The second kappa shape index (κ2) is 10.5. The average Bonchev–Trinajstić information content (AvgIpc) is 3.57. The lowest BCUT2D eigenvalue weighted by atomic mass is 9.86. The van der Waals surface area contributed by atoms with Gasteiger partial charge in [-0.15, -0.1) is 0 Å². The van der Waals surface area contributed by atoms with Crippen molar-refractivity contribution in [1.29, 1.82) is 0 Å². The zero-order valence-corrected chi connectivity index (χ0v) is 21.0. The van der Waals surface area contributed by atoms with Gasteiger partial charge in [0, 0.05) is 31.1 Å². The molecule has 1 amide bonds. The third-order valence-electron chi connectivity index (χ3n) is 8.19. The fourth-order valence-electron chi connectivity index (χ4n) is 6.20. The monoisotopic (exact) mass is 500 g/mol. The minimum atomic E-state index is -0.224. The molecular formula is C31H33FN2O3. The van der Waals surface area contributed by atoms with Crippen molar-refractivity contribution in [3.05, 3.63) is 95.3 Å². The summed E-state index contributed by atoms with van der Waals surface area (Å²) in [5.41, 5.74) is 3.00. The van der Waals surface area contributed by atoms with Crippen LogP contribution in [0, 0.1) is 17.7 Å². The number of amides is 1. The summed E-state index contributed by atoms with van der Waals surface area (Å²) in [5, 5.41) is 0. The van der Waals surface area contributed by atoms with E-state index in [1.54, 1.807) is 30.3 Å². The smallest absolute Gasteiger partial charge is 0.254 e. The Labute approximate surface area is 217 Å². The lowest BCUT2D eigenvalue weighted by Crippen LogP contribution is -2.39. The van der Waals surface area contributed by atoms with Crippen LogP contribution in [0.25, 0.3) is 0 Å². The maximum atomic E-state index is 14.2. The standard InChI is InChI=1S/C31H33FN2O3/c32-27-8-4-7-24(16-27)28-20-34(31(35)25-9-10-29-30(17-25)37-21-36-29)19-26(28)18-33-13-11-23(12-14-33)15-22-5-2-1-3-6-22/h1-10,16-17,23,26,28H,11-15,18-21H2. The van der Waals surface area contributed by atoms with Crippen LogP contribution in [-0.4, -0.2) is 55.2 Å². The minimum Gasteiger partial charge on any atom is -0.454 e. The first-order chi connectivity index (χ1) is 18.1. The Kier molecular flexibility index (Phi) is 6.83. The molecule has 0 bridgehead atoms. The molecule has 3 aliphatic rings. The third-order valence-corrected chi connectivity index (χ3v) is 8.19. The van der Waals surface area contributed by atoms with Gasteiger partial charge in [0.25, 0.3) is 5.91 Å². The van der Waals surface area contributed by atoms with Crippen molar-refractivity contribution in [3.8, 4) is 11.5 Å². The van der Waals surface area contributed by atoms with Crippen LogP contribution in [0.4, 0.5) is 4.39 Å². The molecule has 0 saturated carbocycles. The second-order valence-corrected chi connectivity index (χ2v) is 10.6. The Bertz CT molecular complexity index is 1240. The van der Waals surface area contributed by atoms with Crippen molar-refractivity contribution >= 4 is 5.91 Å². The Balaban J connectivity index is 1.14. The molecule has 2 saturated heterocycles.